The lowest BCUT2D eigenvalue weighted by Gasteiger charge is -2.28. The SMILES string of the molecule is Cc1ccccc1-c1cc(CN2CCCC2COC2CCCCC2)ccc1C(=O)NC(CCS(C)(=O)=O)C(=O)O. The van der Waals surface area contributed by atoms with E-state index in [2.05, 4.69) is 10.2 Å². The van der Waals surface area contributed by atoms with Crippen molar-refractivity contribution in [1.29, 1.82) is 0 Å². The maximum atomic E-state index is 13.4. The van der Waals surface area contributed by atoms with Crippen molar-refractivity contribution in [3.8, 4) is 11.1 Å². The number of nitrogens with zero attached hydrogens (tertiary/aromatic N) is 1. The average molecular weight is 571 g/mol. The molecule has 40 heavy (non-hydrogen) atoms. The zero-order valence-electron chi connectivity index (χ0n) is 23.6. The molecule has 2 aromatic rings. The molecule has 1 heterocycles. The number of likely N-dealkylation sites (tertiary alicyclic amines) is 1. The molecule has 1 saturated heterocycles. The first kappa shape index (κ1) is 30.2. The van der Waals surface area contributed by atoms with Crippen LogP contribution in [-0.2, 0) is 25.9 Å². The van der Waals surface area contributed by atoms with E-state index in [1.54, 1.807) is 6.07 Å². The molecular weight excluding hydrogens is 528 g/mol. The van der Waals surface area contributed by atoms with Crippen LogP contribution in [0.2, 0.25) is 0 Å². The van der Waals surface area contributed by atoms with Gasteiger partial charge in [-0.2, -0.15) is 0 Å². The van der Waals surface area contributed by atoms with Gasteiger partial charge in [0.1, 0.15) is 15.9 Å². The number of carbonyl (C=O) groups excluding carboxylic acids is 1. The summed E-state index contributed by atoms with van der Waals surface area (Å²) >= 11 is 0. The Labute approximate surface area is 238 Å². The number of aryl methyl sites for hydroxylation is 1. The minimum Gasteiger partial charge on any atom is -0.480 e. The van der Waals surface area contributed by atoms with E-state index in [0.29, 0.717) is 17.7 Å². The van der Waals surface area contributed by atoms with E-state index in [1.807, 2.05) is 43.3 Å². The molecule has 2 unspecified atom stereocenters. The Bertz CT molecular complexity index is 1290. The Morgan fingerprint density at radius 1 is 1.05 bits per heavy atom. The number of hydrogen-bond donors (Lipinski definition) is 2. The molecule has 218 valence electrons. The minimum absolute atomic E-state index is 0.197. The molecule has 0 bridgehead atoms. The van der Waals surface area contributed by atoms with Gasteiger partial charge in [-0.25, -0.2) is 13.2 Å². The summed E-state index contributed by atoms with van der Waals surface area (Å²) in [6.45, 7) is 4.47. The standard InChI is InChI=1S/C31H42N2O6S/c1-22-9-6-7-13-26(22)28-19-23(20-33-17-8-10-24(33)21-39-25-11-4-3-5-12-25)14-15-27(28)30(34)32-29(31(35)36)16-18-40(2,37)38/h6-7,9,13-15,19,24-25,29H,3-5,8,10-12,16-18,20-21H2,1-2H3,(H,32,34)(H,35,36). The van der Waals surface area contributed by atoms with E-state index in [4.69, 9.17) is 4.74 Å². The summed E-state index contributed by atoms with van der Waals surface area (Å²) in [5.41, 5.74) is 4.07. The van der Waals surface area contributed by atoms with Crippen LogP contribution in [0.25, 0.3) is 11.1 Å². The highest BCUT2D eigenvalue weighted by molar-refractivity contribution is 7.90. The largest absolute Gasteiger partial charge is 0.480 e. The Balaban J connectivity index is 1.53. The number of carboxylic acid groups (broad SMARTS) is 1. The summed E-state index contributed by atoms with van der Waals surface area (Å²) < 4.78 is 29.5. The molecule has 2 atom stereocenters. The summed E-state index contributed by atoms with van der Waals surface area (Å²) in [7, 11) is -3.37. The molecule has 0 spiro atoms. The number of carboxylic acids is 1. The third-order valence-electron chi connectivity index (χ3n) is 8.11. The summed E-state index contributed by atoms with van der Waals surface area (Å²) in [5.74, 6) is -2.12. The highest BCUT2D eigenvalue weighted by Gasteiger charge is 2.28. The van der Waals surface area contributed by atoms with Gasteiger partial charge in [0, 0.05) is 24.4 Å². The molecule has 2 N–H and O–H groups in total. The molecule has 0 radical (unpaired) electrons. The van der Waals surface area contributed by atoms with Crippen LogP contribution in [0.4, 0.5) is 0 Å². The van der Waals surface area contributed by atoms with Gasteiger partial charge in [0.05, 0.1) is 18.5 Å². The molecule has 8 nitrogen and oxygen atoms in total. The van der Waals surface area contributed by atoms with E-state index < -0.39 is 27.8 Å². The normalized spacial score (nSPS) is 19.4. The fourth-order valence-corrected chi connectivity index (χ4v) is 6.48. The van der Waals surface area contributed by atoms with Crippen molar-refractivity contribution in [2.24, 2.45) is 0 Å². The monoisotopic (exact) mass is 570 g/mol. The van der Waals surface area contributed by atoms with Crippen LogP contribution in [0.15, 0.2) is 42.5 Å². The highest BCUT2D eigenvalue weighted by Crippen LogP contribution is 2.30. The molecular formula is C31H42N2O6S. The number of hydrogen-bond acceptors (Lipinski definition) is 6. The molecule has 1 saturated carbocycles. The Morgan fingerprint density at radius 3 is 2.50 bits per heavy atom. The lowest BCUT2D eigenvalue weighted by Crippen LogP contribution is -2.42. The van der Waals surface area contributed by atoms with Crippen molar-refractivity contribution in [2.75, 3.05) is 25.2 Å². The Kier molecular flexibility index (Phi) is 10.4. The van der Waals surface area contributed by atoms with Crippen LogP contribution in [0.5, 0.6) is 0 Å². The average Bonchev–Trinajstić information content (AvgIpc) is 3.36. The first-order valence-electron chi connectivity index (χ1n) is 14.4. The predicted molar refractivity (Wildman–Crippen MR) is 156 cm³/mol. The van der Waals surface area contributed by atoms with E-state index >= 15 is 0 Å². The fraction of sp³-hybridized carbons (Fsp3) is 0.548. The lowest BCUT2D eigenvalue weighted by atomic mass is 9.93. The van der Waals surface area contributed by atoms with Gasteiger partial charge in [-0.1, -0.05) is 49.6 Å². The molecule has 9 heteroatoms. The molecule has 2 aliphatic rings. The zero-order valence-corrected chi connectivity index (χ0v) is 24.4. The van der Waals surface area contributed by atoms with Crippen molar-refractivity contribution in [3.63, 3.8) is 0 Å². The van der Waals surface area contributed by atoms with Gasteiger partial charge in [0.2, 0.25) is 0 Å². The van der Waals surface area contributed by atoms with Crippen LogP contribution < -0.4 is 5.32 Å². The van der Waals surface area contributed by atoms with Crippen molar-refractivity contribution >= 4 is 21.7 Å². The number of ether oxygens (including phenoxy) is 1. The Hall–Kier alpha value is -2.75. The number of carbonyl (C=O) groups is 2. The van der Waals surface area contributed by atoms with Crippen molar-refractivity contribution < 1.29 is 27.9 Å². The molecule has 1 aliphatic carbocycles. The topological polar surface area (TPSA) is 113 Å². The maximum absolute atomic E-state index is 13.4. The van der Waals surface area contributed by atoms with E-state index in [9.17, 15) is 23.1 Å². The molecule has 2 aromatic carbocycles. The first-order valence-corrected chi connectivity index (χ1v) is 16.4. The maximum Gasteiger partial charge on any atom is 0.326 e. The third-order valence-corrected chi connectivity index (χ3v) is 9.08. The van der Waals surface area contributed by atoms with Crippen LogP contribution in [-0.4, -0.2) is 73.6 Å². The summed E-state index contributed by atoms with van der Waals surface area (Å²) in [6, 6.07) is 12.6. The van der Waals surface area contributed by atoms with Crippen molar-refractivity contribution in [3.05, 3.63) is 59.2 Å². The van der Waals surface area contributed by atoms with Crippen LogP contribution in [0.1, 0.15) is 72.9 Å². The molecule has 2 fully saturated rings. The zero-order chi connectivity index (χ0) is 28.7. The molecule has 0 aromatic heterocycles. The minimum atomic E-state index is -3.37. The quantitative estimate of drug-likeness (QED) is 0.384. The Morgan fingerprint density at radius 2 is 1.80 bits per heavy atom. The second-order valence-corrected chi connectivity index (χ2v) is 13.6. The smallest absolute Gasteiger partial charge is 0.326 e. The molecule has 4 rings (SSSR count). The number of amides is 1. The first-order chi connectivity index (χ1) is 19.1. The summed E-state index contributed by atoms with van der Waals surface area (Å²) in [5, 5.41) is 12.2. The highest BCUT2D eigenvalue weighted by atomic mass is 32.2. The third kappa shape index (κ3) is 8.38. The van der Waals surface area contributed by atoms with Crippen LogP contribution in [0, 0.1) is 6.92 Å². The van der Waals surface area contributed by atoms with Gasteiger partial charge in [0.15, 0.2) is 0 Å². The second kappa shape index (κ2) is 13.7. The molecule has 1 amide bonds. The van der Waals surface area contributed by atoms with Gasteiger partial charge in [-0.3, -0.25) is 9.69 Å². The van der Waals surface area contributed by atoms with Gasteiger partial charge < -0.3 is 15.2 Å². The lowest BCUT2D eigenvalue weighted by molar-refractivity contribution is -0.139. The van der Waals surface area contributed by atoms with Crippen LogP contribution in [0.3, 0.4) is 0 Å². The summed E-state index contributed by atoms with van der Waals surface area (Å²) in [4.78, 5) is 27.6. The van der Waals surface area contributed by atoms with E-state index in [1.165, 1.54) is 19.3 Å². The van der Waals surface area contributed by atoms with Gasteiger partial charge in [-0.15, -0.1) is 0 Å². The summed E-state index contributed by atoms with van der Waals surface area (Å²) in [6.07, 6.45) is 9.62. The fourth-order valence-electron chi connectivity index (χ4n) is 5.82. The number of nitrogens with one attached hydrogen (secondary N) is 1. The van der Waals surface area contributed by atoms with E-state index in [-0.39, 0.29) is 12.2 Å². The van der Waals surface area contributed by atoms with Crippen molar-refractivity contribution in [2.45, 2.75) is 83.0 Å². The number of sulfone groups is 1. The van der Waals surface area contributed by atoms with Gasteiger partial charge in [0.25, 0.3) is 5.91 Å². The van der Waals surface area contributed by atoms with Gasteiger partial charge in [-0.05, 0) is 80.0 Å². The van der Waals surface area contributed by atoms with Gasteiger partial charge >= 0.3 is 5.97 Å². The van der Waals surface area contributed by atoms with Crippen molar-refractivity contribution in [1.82, 2.24) is 10.2 Å². The number of rotatable bonds is 12. The number of benzene rings is 2. The molecule has 1 aliphatic heterocycles. The van der Waals surface area contributed by atoms with E-state index in [0.717, 1.165) is 73.9 Å². The number of aliphatic carboxylic acids is 1. The van der Waals surface area contributed by atoms with Crippen LogP contribution >= 0.6 is 0 Å². The second-order valence-electron chi connectivity index (χ2n) is 11.3. The predicted octanol–water partition coefficient (Wildman–Crippen LogP) is 4.59.